The average Bonchev–Trinajstić information content (AvgIpc) is 3.53. The molecule has 7 nitrogen and oxygen atoms in total. The fourth-order valence-corrected chi connectivity index (χ4v) is 4.11. The molecule has 1 aliphatic rings. The van der Waals surface area contributed by atoms with E-state index in [0.29, 0.717) is 18.2 Å². The van der Waals surface area contributed by atoms with Gasteiger partial charge in [-0.15, -0.1) is 0 Å². The number of rotatable bonds is 6. The van der Waals surface area contributed by atoms with Crippen LogP contribution in [0.5, 0.6) is 0 Å². The molecule has 4 aromatic rings. The van der Waals surface area contributed by atoms with Gasteiger partial charge < -0.3 is 5.32 Å². The number of hydrogen-bond acceptors (Lipinski definition) is 4. The molecule has 152 valence electrons. The van der Waals surface area contributed by atoms with E-state index in [-0.39, 0.29) is 5.91 Å². The Hall–Kier alpha value is -3.48. The standard InChI is InChI=1S/C23H24N6O/c30-23(25-13-17-6-8-18(9-7-17)16-28-11-3-10-26-28)20-12-19-15-27-29(22(19)24-14-20)21-4-1-2-5-21/h3,6-12,14-15,21H,1-2,4-5,13,16H2,(H,25,30). The zero-order valence-electron chi connectivity index (χ0n) is 16.7. The third-order valence-electron chi connectivity index (χ3n) is 5.75. The van der Waals surface area contributed by atoms with Gasteiger partial charge >= 0.3 is 0 Å². The van der Waals surface area contributed by atoms with Crippen molar-refractivity contribution in [2.24, 2.45) is 0 Å². The first-order valence-corrected chi connectivity index (χ1v) is 10.4. The van der Waals surface area contributed by atoms with Crippen molar-refractivity contribution in [3.8, 4) is 0 Å². The Balaban J connectivity index is 1.22. The van der Waals surface area contributed by atoms with Crippen molar-refractivity contribution >= 4 is 16.9 Å². The first-order valence-electron chi connectivity index (χ1n) is 10.4. The van der Waals surface area contributed by atoms with Gasteiger partial charge in [0.25, 0.3) is 5.91 Å². The summed E-state index contributed by atoms with van der Waals surface area (Å²) in [6.07, 6.45) is 12.0. The van der Waals surface area contributed by atoms with Crippen molar-refractivity contribution in [3.63, 3.8) is 0 Å². The number of benzene rings is 1. The number of aromatic nitrogens is 5. The lowest BCUT2D eigenvalue weighted by Gasteiger charge is -2.10. The van der Waals surface area contributed by atoms with E-state index in [0.717, 1.165) is 36.0 Å². The average molecular weight is 400 g/mol. The number of carbonyl (C=O) groups excluding carboxylic acids is 1. The Morgan fingerprint density at radius 3 is 2.63 bits per heavy atom. The molecule has 1 N–H and O–H groups in total. The van der Waals surface area contributed by atoms with E-state index in [9.17, 15) is 4.79 Å². The minimum absolute atomic E-state index is 0.126. The van der Waals surface area contributed by atoms with Crippen molar-refractivity contribution in [3.05, 3.63) is 77.9 Å². The summed E-state index contributed by atoms with van der Waals surface area (Å²) in [5.41, 5.74) is 3.65. The van der Waals surface area contributed by atoms with Gasteiger partial charge in [0.15, 0.2) is 5.65 Å². The van der Waals surface area contributed by atoms with Crippen LogP contribution in [0.2, 0.25) is 0 Å². The molecular formula is C23H24N6O. The smallest absolute Gasteiger partial charge is 0.253 e. The monoisotopic (exact) mass is 400 g/mol. The summed E-state index contributed by atoms with van der Waals surface area (Å²) in [6.45, 7) is 1.21. The molecule has 0 spiro atoms. The third-order valence-corrected chi connectivity index (χ3v) is 5.75. The number of amides is 1. The van der Waals surface area contributed by atoms with Gasteiger partial charge in [-0.3, -0.25) is 9.48 Å². The second-order valence-electron chi connectivity index (χ2n) is 7.87. The topological polar surface area (TPSA) is 77.6 Å². The molecule has 3 heterocycles. The van der Waals surface area contributed by atoms with Crippen LogP contribution in [0.3, 0.4) is 0 Å². The second kappa shape index (κ2) is 8.10. The van der Waals surface area contributed by atoms with Gasteiger partial charge in [-0.2, -0.15) is 10.2 Å². The van der Waals surface area contributed by atoms with Crippen molar-refractivity contribution in [2.75, 3.05) is 0 Å². The van der Waals surface area contributed by atoms with E-state index < -0.39 is 0 Å². The molecular weight excluding hydrogens is 376 g/mol. The van der Waals surface area contributed by atoms with Gasteiger partial charge in [-0.25, -0.2) is 9.67 Å². The van der Waals surface area contributed by atoms with Crippen LogP contribution in [0.15, 0.2) is 61.2 Å². The molecule has 30 heavy (non-hydrogen) atoms. The highest BCUT2D eigenvalue weighted by Gasteiger charge is 2.20. The fourth-order valence-electron chi connectivity index (χ4n) is 4.11. The number of nitrogens with zero attached hydrogens (tertiary/aromatic N) is 5. The lowest BCUT2D eigenvalue weighted by Crippen LogP contribution is -2.23. The van der Waals surface area contributed by atoms with Crippen molar-refractivity contribution in [1.29, 1.82) is 0 Å². The highest BCUT2D eigenvalue weighted by atomic mass is 16.1. The van der Waals surface area contributed by atoms with Gasteiger partial charge in [0.2, 0.25) is 0 Å². The molecule has 0 bridgehead atoms. The van der Waals surface area contributed by atoms with Gasteiger partial charge in [-0.1, -0.05) is 37.1 Å². The number of carbonyl (C=O) groups is 1. The molecule has 0 atom stereocenters. The lowest BCUT2D eigenvalue weighted by molar-refractivity contribution is 0.0950. The summed E-state index contributed by atoms with van der Waals surface area (Å²) in [7, 11) is 0. The zero-order chi connectivity index (χ0) is 20.3. The number of fused-ring (bicyclic) bond motifs is 1. The quantitative estimate of drug-likeness (QED) is 0.535. The number of nitrogens with one attached hydrogen (secondary N) is 1. The van der Waals surface area contributed by atoms with Crippen molar-refractivity contribution in [1.82, 2.24) is 29.9 Å². The Kier molecular flexibility index (Phi) is 5.01. The lowest BCUT2D eigenvalue weighted by atomic mass is 10.1. The maximum absolute atomic E-state index is 12.6. The molecule has 1 saturated carbocycles. The molecule has 3 aromatic heterocycles. The van der Waals surface area contributed by atoms with Crippen LogP contribution in [0.4, 0.5) is 0 Å². The molecule has 1 fully saturated rings. The summed E-state index contributed by atoms with van der Waals surface area (Å²) in [4.78, 5) is 17.2. The molecule has 0 unspecified atom stereocenters. The van der Waals surface area contributed by atoms with E-state index in [1.54, 1.807) is 12.4 Å². The van der Waals surface area contributed by atoms with Gasteiger partial charge in [0.05, 0.1) is 24.3 Å². The molecule has 0 radical (unpaired) electrons. The fraction of sp³-hybridized carbons (Fsp3) is 0.304. The van der Waals surface area contributed by atoms with E-state index >= 15 is 0 Å². The largest absolute Gasteiger partial charge is 0.348 e. The zero-order valence-corrected chi connectivity index (χ0v) is 16.7. The second-order valence-corrected chi connectivity index (χ2v) is 7.87. The summed E-state index contributed by atoms with van der Waals surface area (Å²) < 4.78 is 3.91. The Labute approximate surface area is 174 Å². The predicted octanol–water partition coefficient (Wildman–Crippen LogP) is 3.72. The van der Waals surface area contributed by atoms with E-state index in [2.05, 4.69) is 32.6 Å². The molecule has 0 aliphatic heterocycles. The summed E-state index contributed by atoms with van der Waals surface area (Å²) in [5, 5.41) is 12.6. The first kappa shape index (κ1) is 18.5. The summed E-state index contributed by atoms with van der Waals surface area (Å²) in [6, 6.07) is 12.4. The van der Waals surface area contributed by atoms with E-state index in [4.69, 9.17) is 0 Å². The molecule has 7 heteroatoms. The third kappa shape index (κ3) is 3.83. The molecule has 1 aliphatic carbocycles. The predicted molar refractivity (Wildman–Crippen MR) is 114 cm³/mol. The van der Waals surface area contributed by atoms with Crippen molar-refractivity contribution in [2.45, 2.75) is 44.8 Å². The Bertz CT molecular complexity index is 1140. The highest BCUT2D eigenvalue weighted by molar-refractivity contribution is 5.96. The van der Waals surface area contributed by atoms with Crippen LogP contribution in [-0.2, 0) is 13.1 Å². The number of pyridine rings is 1. The van der Waals surface area contributed by atoms with Gasteiger partial charge in [0, 0.05) is 30.5 Å². The van der Waals surface area contributed by atoms with Crippen LogP contribution in [0.25, 0.3) is 11.0 Å². The highest BCUT2D eigenvalue weighted by Crippen LogP contribution is 2.31. The normalized spacial score (nSPS) is 14.4. The van der Waals surface area contributed by atoms with Crippen LogP contribution in [-0.4, -0.2) is 30.5 Å². The molecule has 0 saturated heterocycles. The summed E-state index contributed by atoms with van der Waals surface area (Å²) >= 11 is 0. The minimum atomic E-state index is -0.126. The molecule has 5 rings (SSSR count). The SMILES string of the molecule is O=C(NCc1ccc(Cn2cccn2)cc1)c1cnc2c(cnn2C2CCCC2)c1. The van der Waals surface area contributed by atoms with Crippen molar-refractivity contribution < 1.29 is 4.79 Å². The van der Waals surface area contributed by atoms with E-state index in [1.165, 1.54) is 18.4 Å². The van der Waals surface area contributed by atoms with Crippen LogP contribution < -0.4 is 5.32 Å². The Morgan fingerprint density at radius 2 is 1.87 bits per heavy atom. The molecule has 1 aromatic carbocycles. The van der Waals surface area contributed by atoms with Gasteiger partial charge in [0.1, 0.15) is 0 Å². The van der Waals surface area contributed by atoms with Crippen LogP contribution in [0.1, 0.15) is 53.2 Å². The van der Waals surface area contributed by atoms with Crippen LogP contribution in [0, 0.1) is 0 Å². The maximum atomic E-state index is 12.6. The maximum Gasteiger partial charge on any atom is 0.253 e. The summed E-state index contributed by atoms with van der Waals surface area (Å²) in [5.74, 6) is -0.126. The minimum Gasteiger partial charge on any atom is -0.348 e. The van der Waals surface area contributed by atoms with E-state index in [1.807, 2.05) is 46.0 Å². The first-order chi connectivity index (χ1) is 14.8. The van der Waals surface area contributed by atoms with Crippen LogP contribution >= 0.6 is 0 Å². The molecule has 1 amide bonds. The van der Waals surface area contributed by atoms with Gasteiger partial charge in [-0.05, 0) is 36.1 Å². The number of hydrogen-bond donors (Lipinski definition) is 1. The Morgan fingerprint density at radius 1 is 1.07 bits per heavy atom.